The van der Waals surface area contributed by atoms with Crippen molar-refractivity contribution >= 4 is 5.96 Å². The summed E-state index contributed by atoms with van der Waals surface area (Å²) in [5.41, 5.74) is 6.00. The second-order valence-electron chi connectivity index (χ2n) is 5.71. The molecule has 1 aliphatic heterocycles. The van der Waals surface area contributed by atoms with Crippen LogP contribution in [0.2, 0.25) is 0 Å². The molecule has 3 N–H and O–H groups in total. The van der Waals surface area contributed by atoms with E-state index in [0.717, 1.165) is 12.8 Å². The number of nitrogens with one attached hydrogen (secondary N) is 1. The molecule has 4 heteroatoms. The molecule has 0 amide bonds. The highest BCUT2D eigenvalue weighted by Crippen LogP contribution is 2.18. The largest absolute Gasteiger partial charge is 0.370 e. The molecule has 1 saturated heterocycles. The van der Waals surface area contributed by atoms with E-state index in [1.807, 2.05) is 0 Å². The van der Waals surface area contributed by atoms with Crippen LogP contribution in [0.1, 0.15) is 51.9 Å². The van der Waals surface area contributed by atoms with E-state index in [2.05, 4.69) is 22.1 Å². The third-order valence-electron chi connectivity index (χ3n) is 4.13. The molecule has 0 bridgehead atoms. The first-order valence-electron chi connectivity index (χ1n) is 7.60. The Kier molecular flexibility index (Phi) is 5.29. The molecule has 0 atom stereocenters. The summed E-state index contributed by atoms with van der Waals surface area (Å²) in [5.74, 6) is 0.677. The fraction of sp³-hybridized carbons (Fsp3) is 0.929. The summed E-state index contributed by atoms with van der Waals surface area (Å²) in [4.78, 5) is 7.19. The van der Waals surface area contributed by atoms with Crippen molar-refractivity contribution in [3.8, 4) is 0 Å². The molecule has 104 valence electrons. The predicted octanol–water partition coefficient (Wildman–Crippen LogP) is 1.71. The van der Waals surface area contributed by atoms with Gasteiger partial charge >= 0.3 is 0 Å². The number of nitrogens with zero attached hydrogens (tertiary/aromatic N) is 2. The minimum Gasteiger partial charge on any atom is -0.370 e. The van der Waals surface area contributed by atoms with Gasteiger partial charge in [-0.05, 0) is 38.6 Å². The van der Waals surface area contributed by atoms with Gasteiger partial charge in [0, 0.05) is 19.1 Å². The van der Waals surface area contributed by atoms with E-state index < -0.39 is 0 Å². The second-order valence-corrected chi connectivity index (χ2v) is 5.71. The fourth-order valence-corrected chi connectivity index (χ4v) is 3.10. The zero-order valence-corrected chi connectivity index (χ0v) is 11.7. The van der Waals surface area contributed by atoms with Crippen molar-refractivity contribution in [1.29, 1.82) is 0 Å². The first-order valence-corrected chi connectivity index (χ1v) is 7.60. The lowest BCUT2D eigenvalue weighted by Crippen LogP contribution is -2.41. The van der Waals surface area contributed by atoms with Crippen molar-refractivity contribution in [2.24, 2.45) is 10.7 Å². The Balaban J connectivity index is 1.71. The quantitative estimate of drug-likeness (QED) is 0.591. The summed E-state index contributed by atoms with van der Waals surface area (Å²) < 4.78 is 0. The van der Waals surface area contributed by atoms with E-state index in [-0.39, 0.29) is 0 Å². The highest BCUT2D eigenvalue weighted by atomic mass is 15.2. The SMILES string of the molecule is CCCN1CCC(N=C(N)NC2CCCC2)CC1. The van der Waals surface area contributed by atoms with E-state index >= 15 is 0 Å². The average molecular weight is 252 g/mol. The van der Waals surface area contributed by atoms with E-state index in [9.17, 15) is 0 Å². The number of hydrogen-bond acceptors (Lipinski definition) is 2. The highest BCUT2D eigenvalue weighted by molar-refractivity contribution is 5.78. The molecule has 1 heterocycles. The van der Waals surface area contributed by atoms with E-state index in [1.54, 1.807) is 0 Å². The lowest BCUT2D eigenvalue weighted by atomic mass is 10.1. The monoisotopic (exact) mass is 252 g/mol. The zero-order chi connectivity index (χ0) is 12.8. The maximum absolute atomic E-state index is 6.00. The Hall–Kier alpha value is -0.770. The maximum atomic E-state index is 6.00. The topological polar surface area (TPSA) is 53.6 Å². The van der Waals surface area contributed by atoms with Crippen molar-refractivity contribution in [3.05, 3.63) is 0 Å². The van der Waals surface area contributed by atoms with Crippen molar-refractivity contribution in [2.45, 2.75) is 64.0 Å². The Morgan fingerprint density at radius 3 is 2.50 bits per heavy atom. The molecular formula is C14H28N4. The van der Waals surface area contributed by atoms with Gasteiger partial charge in [-0.3, -0.25) is 4.99 Å². The van der Waals surface area contributed by atoms with Gasteiger partial charge in [-0.1, -0.05) is 19.8 Å². The number of piperidine rings is 1. The lowest BCUT2D eigenvalue weighted by Gasteiger charge is -2.30. The number of guanidine groups is 1. The van der Waals surface area contributed by atoms with Gasteiger partial charge in [0.05, 0.1) is 6.04 Å². The van der Waals surface area contributed by atoms with Crippen LogP contribution in [-0.4, -0.2) is 42.6 Å². The Morgan fingerprint density at radius 2 is 1.89 bits per heavy atom. The molecule has 1 saturated carbocycles. The summed E-state index contributed by atoms with van der Waals surface area (Å²) in [6.07, 6.45) is 8.75. The molecular weight excluding hydrogens is 224 g/mol. The Bertz CT molecular complexity index is 263. The first kappa shape index (κ1) is 13.7. The molecule has 0 aromatic rings. The second kappa shape index (κ2) is 6.98. The molecule has 0 unspecified atom stereocenters. The molecule has 0 spiro atoms. The number of nitrogens with two attached hydrogens (primary N) is 1. The minimum atomic E-state index is 0.437. The van der Waals surface area contributed by atoms with Crippen LogP contribution >= 0.6 is 0 Å². The van der Waals surface area contributed by atoms with Crippen molar-refractivity contribution in [2.75, 3.05) is 19.6 Å². The summed E-state index contributed by atoms with van der Waals surface area (Å²) >= 11 is 0. The summed E-state index contributed by atoms with van der Waals surface area (Å²) in [5, 5.41) is 3.38. The average Bonchev–Trinajstić information content (AvgIpc) is 2.84. The molecule has 0 radical (unpaired) electrons. The van der Waals surface area contributed by atoms with Crippen molar-refractivity contribution in [1.82, 2.24) is 10.2 Å². The maximum Gasteiger partial charge on any atom is 0.189 e. The Labute approximate surface area is 111 Å². The van der Waals surface area contributed by atoms with Crippen LogP contribution in [0.15, 0.2) is 4.99 Å². The van der Waals surface area contributed by atoms with Crippen LogP contribution in [0.3, 0.4) is 0 Å². The molecule has 0 aromatic carbocycles. The molecule has 4 nitrogen and oxygen atoms in total. The highest BCUT2D eigenvalue weighted by Gasteiger charge is 2.19. The first-order chi connectivity index (χ1) is 8.78. The number of hydrogen-bond donors (Lipinski definition) is 2. The summed E-state index contributed by atoms with van der Waals surface area (Å²) in [6.45, 7) is 5.83. The number of aliphatic imine (C=N–C) groups is 1. The van der Waals surface area contributed by atoms with Crippen LogP contribution < -0.4 is 11.1 Å². The van der Waals surface area contributed by atoms with Crippen molar-refractivity contribution < 1.29 is 0 Å². The van der Waals surface area contributed by atoms with Gasteiger partial charge in [-0.25, -0.2) is 0 Å². The molecule has 0 aromatic heterocycles. The van der Waals surface area contributed by atoms with Gasteiger partial charge in [-0.15, -0.1) is 0 Å². The predicted molar refractivity (Wildman–Crippen MR) is 76.8 cm³/mol. The summed E-state index contributed by atoms with van der Waals surface area (Å²) in [7, 11) is 0. The standard InChI is InChI=1S/C14H28N4/c1-2-9-18-10-7-13(8-11-18)17-14(15)16-12-5-3-4-6-12/h12-13H,2-11H2,1H3,(H3,15,16,17). The van der Waals surface area contributed by atoms with Gasteiger partial charge in [0.15, 0.2) is 5.96 Å². The van der Waals surface area contributed by atoms with Crippen molar-refractivity contribution in [3.63, 3.8) is 0 Å². The summed E-state index contributed by atoms with van der Waals surface area (Å²) in [6, 6.07) is 1.01. The molecule has 2 aliphatic rings. The Morgan fingerprint density at radius 1 is 1.22 bits per heavy atom. The number of rotatable bonds is 4. The lowest BCUT2D eigenvalue weighted by molar-refractivity contribution is 0.214. The van der Waals surface area contributed by atoms with E-state index in [0.29, 0.717) is 18.0 Å². The minimum absolute atomic E-state index is 0.437. The normalized spacial score (nSPS) is 24.6. The smallest absolute Gasteiger partial charge is 0.189 e. The van der Waals surface area contributed by atoms with Gasteiger partial charge in [0.1, 0.15) is 0 Å². The van der Waals surface area contributed by atoms with Crippen LogP contribution in [0, 0.1) is 0 Å². The van der Waals surface area contributed by atoms with E-state index in [4.69, 9.17) is 5.73 Å². The third kappa shape index (κ3) is 4.16. The molecule has 1 aliphatic carbocycles. The van der Waals surface area contributed by atoms with Gasteiger partial charge in [0.25, 0.3) is 0 Å². The van der Waals surface area contributed by atoms with E-state index in [1.165, 1.54) is 51.7 Å². The fourth-order valence-electron chi connectivity index (χ4n) is 3.10. The number of likely N-dealkylation sites (tertiary alicyclic amines) is 1. The third-order valence-corrected chi connectivity index (χ3v) is 4.13. The van der Waals surface area contributed by atoms with Gasteiger partial charge in [-0.2, -0.15) is 0 Å². The molecule has 2 fully saturated rings. The van der Waals surface area contributed by atoms with Crippen LogP contribution in [0.5, 0.6) is 0 Å². The van der Waals surface area contributed by atoms with Gasteiger partial charge in [0.2, 0.25) is 0 Å². The molecule has 2 rings (SSSR count). The van der Waals surface area contributed by atoms with Crippen LogP contribution in [0.4, 0.5) is 0 Å². The zero-order valence-electron chi connectivity index (χ0n) is 11.7. The van der Waals surface area contributed by atoms with Crippen LogP contribution in [-0.2, 0) is 0 Å². The van der Waals surface area contributed by atoms with Gasteiger partial charge < -0.3 is 16.0 Å². The van der Waals surface area contributed by atoms with Crippen LogP contribution in [0.25, 0.3) is 0 Å². The molecule has 18 heavy (non-hydrogen) atoms.